The normalized spacial score (nSPS) is 10.5. The minimum Gasteiger partial charge on any atom is -0.339 e. The molecule has 0 aliphatic heterocycles. The van der Waals surface area contributed by atoms with Crippen molar-refractivity contribution in [3.63, 3.8) is 0 Å². The highest BCUT2D eigenvalue weighted by Gasteiger charge is 2.07. The Morgan fingerprint density at radius 3 is 2.75 bits per heavy atom. The second-order valence-electron chi connectivity index (χ2n) is 4.37. The number of carbonyl (C=O) groups is 1. The van der Waals surface area contributed by atoms with Gasteiger partial charge in [-0.1, -0.05) is 12.1 Å². The van der Waals surface area contributed by atoms with Crippen molar-refractivity contribution in [2.45, 2.75) is 32.6 Å². The number of halogens is 1. The van der Waals surface area contributed by atoms with Crippen LogP contribution in [0.5, 0.6) is 0 Å². The molecule has 6 heteroatoms. The number of amides is 1. The Hall–Kier alpha value is -1.44. The number of nitrogens with zero attached hydrogens (tertiary/aromatic N) is 2. The Balaban J connectivity index is 1.73. The Morgan fingerprint density at radius 1 is 1.35 bits per heavy atom. The smallest absolute Gasteiger partial charge is 0.226 e. The number of benzene rings is 1. The van der Waals surface area contributed by atoms with E-state index in [2.05, 4.69) is 38.0 Å². The number of hydrogen-bond acceptors (Lipinski definition) is 4. The van der Waals surface area contributed by atoms with Crippen LogP contribution in [0.15, 0.2) is 28.8 Å². The van der Waals surface area contributed by atoms with E-state index < -0.39 is 0 Å². The highest BCUT2D eigenvalue weighted by molar-refractivity contribution is 14.1. The average Bonchev–Trinajstić information content (AvgIpc) is 2.89. The SMILES string of the molecule is CCc1noc(CCCC(=O)Nc2ccc(I)cc2)n1. The van der Waals surface area contributed by atoms with E-state index in [-0.39, 0.29) is 5.91 Å². The molecule has 0 aliphatic carbocycles. The maximum Gasteiger partial charge on any atom is 0.226 e. The molecule has 1 aromatic heterocycles. The van der Waals surface area contributed by atoms with Crippen LogP contribution in [0.25, 0.3) is 0 Å². The summed E-state index contributed by atoms with van der Waals surface area (Å²) in [6.07, 6.45) is 2.53. The van der Waals surface area contributed by atoms with Crippen molar-refractivity contribution >= 4 is 34.2 Å². The lowest BCUT2D eigenvalue weighted by Crippen LogP contribution is -2.11. The predicted molar refractivity (Wildman–Crippen MR) is 84.4 cm³/mol. The molecule has 0 bridgehead atoms. The first-order chi connectivity index (χ1) is 9.67. The molecule has 106 valence electrons. The number of aryl methyl sites for hydroxylation is 2. The lowest BCUT2D eigenvalue weighted by Gasteiger charge is -2.04. The van der Waals surface area contributed by atoms with E-state index in [1.807, 2.05) is 31.2 Å². The number of aromatic nitrogens is 2. The van der Waals surface area contributed by atoms with Crippen LogP contribution < -0.4 is 5.32 Å². The molecule has 0 radical (unpaired) electrons. The summed E-state index contributed by atoms with van der Waals surface area (Å²) in [5, 5.41) is 6.68. The third kappa shape index (κ3) is 4.59. The van der Waals surface area contributed by atoms with E-state index in [4.69, 9.17) is 4.52 Å². The van der Waals surface area contributed by atoms with Crippen LogP contribution >= 0.6 is 22.6 Å². The summed E-state index contributed by atoms with van der Waals surface area (Å²) in [6.45, 7) is 1.98. The van der Waals surface area contributed by atoms with Crippen LogP contribution in [0.2, 0.25) is 0 Å². The quantitative estimate of drug-likeness (QED) is 0.776. The Bertz CT molecular complexity index is 566. The van der Waals surface area contributed by atoms with Gasteiger partial charge in [-0.2, -0.15) is 4.98 Å². The van der Waals surface area contributed by atoms with Crippen molar-refractivity contribution < 1.29 is 9.32 Å². The molecule has 1 aromatic carbocycles. The number of hydrogen-bond donors (Lipinski definition) is 1. The molecule has 20 heavy (non-hydrogen) atoms. The molecule has 2 rings (SSSR count). The van der Waals surface area contributed by atoms with Crippen molar-refractivity contribution in [1.29, 1.82) is 0 Å². The average molecular weight is 385 g/mol. The van der Waals surface area contributed by atoms with Gasteiger partial charge in [-0.15, -0.1) is 0 Å². The Kier molecular flexibility index (Phi) is 5.51. The molecule has 1 N–H and O–H groups in total. The summed E-state index contributed by atoms with van der Waals surface area (Å²) >= 11 is 2.23. The first kappa shape index (κ1) is 15.0. The summed E-state index contributed by atoms with van der Waals surface area (Å²) in [4.78, 5) is 16.0. The van der Waals surface area contributed by atoms with Crippen molar-refractivity contribution in [2.75, 3.05) is 5.32 Å². The predicted octanol–water partition coefficient (Wildman–Crippen LogP) is 3.20. The fraction of sp³-hybridized carbons (Fsp3) is 0.357. The highest BCUT2D eigenvalue weighted by Crippen LogP contribution is 2.12. The zero-order valence-electron chi connectivity index (χ0n) is 11.2. The van der Waals surface area contributed by atoms with E-state index in [1.54, 1.807) is 0 Å². The van der Waals surface area contributed by atoms with Gasteiger partial charge in [0.2, 0.25) is 11.8 Å². The second kappa shape index (κ2) is 7.37. The van der Waals surface area contributed by atoms with Crippen LogP contribution in [0, 0.1) is 3.57 Å². The van der Waals surface area contributed by atoms with Crippen LogP contribution in [0.1, 0.15) is 31.5 Å². The van der Waals surface area contributed by atoms with Crippen molar-refractivity contribution in [3.05, 3.63) is 39.6 Å². The second-order valence-corrected chi connectivity index (χ2v) is 5.61. The van der Waals surface area contributed by atoms with Gasteiger partial charge in [0.05, 0.1) is 0 Å². The third-order valence-electron chi connectivity index (χ3n) is 2.75. The van der Waals surface area contributed by atoms with Crippen molar-refractivity contribution in [3.8, 4) is 0 Å². The Morgan fingerprint density at radius 2 is 2.10 bits per heavy atom. The number of nitrogens with one attached hydrogen (secondary N) is 1. The van der Waals surface area contributed by atoms with E-state index in [1.165, 1.54) is 0 Å². The minimum absolute atomic E-state index is 0.00133. The molecule has 0 saturated carbocycles. The van der Waals surface area contributed by atoms with Crippen LogP contribution in [-0.4, -0.2) is 16.0 Å². The van der Waals surface area contributed by atoms with Gasteiger partial charge >= 0.3 is 0 Å². The molecule has 0 saturated heterocycles. The van der Waals surface area contributed by atoms with Gasteiger partial charge in [0.25, 0.3) is 0 Å². The van der Waals surface area contributed by atoms with E-state index in [0.29, 0.717) is 31.0 Å². The lowest BCUT2D eigenvalue weighted by molar-refractivity contribution is -0.116. The van der Waals surface area contributed by atoms with Crippen molar-refractivity contribution in [2.24, 2.45) is 0 Å². The zero-order chi connectivity index (χ0) is 14.4. The maximum absolute atomic E-state index is 11.8. The van der Waals surface area contributed by atoms with Gasteiger partial charge in [0.1, 0.15) is 0 Å². The molecule has 1 heterocycles. The zero-order valence-corrected chi connectivity index (χ0v) is 13.4. The molecular weight excluding hydrogens is 369 g/mol. The van der Waals surface area contributed by atoms with Gasteiger partial charge in [-0.3, -0.25) is 4.79 Å². The topological polar surface area (TPSA) is 68.0 Å². The minimum atomic E-state index is 0.00133. The van der Waals surface area contributed by atoms with Gasteiger partial charge < -0.3 is 9.84 Å². The molecule has 2 aromatic rings. The van der Waals surface area contributed by atoms with E-state index >= 15 is 0 Å². The molecule has 0 spiro atoms. The van der Waals surface area contributed by atoms with Crippen LogP contribution in [-0.2, 0) is 17.6 Å². The van der Waals surface area contributed by atoms with Gasteiger partial charge in [-0.05, 0) is 53.3 Å². The first-order valence-corrected chi connectivity index (χ1v) is 7.62. The van der Waals surface area contributed by atoms with Gasteiger partial charge in [-0.25, -0.2) is 0 Å². The molecule has 0 fully saturated rings. The highest BCUT2D eigenvalue weighted by atomic mass is 127. The molecule has 5 nitrogen and oxygen atoms in total. The fourth-order valence-corrected chi connectivity index (χ4v) is 2.05. The molecule has 0 unspecified atom stereocenters. The van der Waals surface area contributed by atoms with Crippen LogP contribution in [0.3, 0.4) is 0 Å². The lowest BCUT2D eigenvalue weighted by atomic mass is 10.2. The van der Waals surface area contributed by atoms with Gasteiger partial charge in [0, 0.05) is 28.5 Å². The summed E-state index contributed by atoms with van der Waals surface area (Å²) in [5.74, 6) is 1.31. The molecule has 0 aliphatic rings. The number of carbonyl (C=O) groups excluding carboxylic acids is 1. The molecular formula is C14H16IN3O2. The molecule has 0 atom stereocenters. The monoisotopic (exact) mass is 385 g/mol. The number of anilines is 1. The summed E-state index contributed by atoms with van der Waals surface area (Å²) in [6, 6.07) is 7.71. The van der Waals surface area contributed by atoms with Crippen LogP contribution in [0.4, 0.5) is 5.69 Å². The maximum atomic E-state index is 11.8. The third-order valence-corrected chi connectivity index (χ3v) is 3.47. The number of rotatable bonds is 6. The standard InChI is InChI=1S/C14H16IN3O2/c1-2-12-17-14(20-18-12)5-3-4-13(19)16-11-8-6-10(15)7-9-11/h6-9H,2-5H2,1H3,(H,16,19). The summed E-state index contributed by atoms with van der Waals surface area (Å²) in [7, 11) is 0. The van der Waals surface area contributed by atoms with Gasteiger partial charge in [0.15, 0.2) is 5.82 Å². The van der Waals surface area contributed by atoms with E-state index in [9.17, 15) is 4.79 Å². The van der Waals surface area contributed by atoms with Crippen molar-refractivity contribution in [1.82, 2.24) is 10.1 Å². The Labute approximate surface area is 131 Å². The molecule has 1 amide bonds. The largest absolute Gasteiger partial charge is 0.339 e. The fourth-order valence-electron chi connectivity index (χ4n) is 1.69. The summed E-state index contributed by atoms with van der Waals surface area (Å²) < 4.78 is 6.22. The first-order valence-electron chi connectivity index (χ1n) is 6.54. The van der Waals surface area contributed by atoms with E-state index in [0.717, 1.165) is 15.7 Å². The summed E-state index contributed by atoms with van der Waals surface area (Å²) in [5.41, 5.74) is 0.821.